The monoisotopic (exact) mass is 364 g/mol. The van der Waals surface area contributed by atoms with Crippen LogP contribution in [0.4, 0.5) is 4.39 Å². The number of carbonyl (C=O) groups is 3. The highest BCUT2D eigenvalue weighted by Crippen LogP contribution is 2.19. The molecule has 1 aromatic rings. The van der Waals surface area contributed by atoms with Gasteiger partial charge in [0.05, 0.1) is 13.0 Å². The van der Waals surface area contributed by atoms with Gasteiger partial charge in [0, 0.05) is 25.1 Å². The molecule has 1 aromatic carbocycles. The van der Waals surface area contributed by atoms with E-state index in [1.54, 1.807) is 25.1 Å². The standard InChI is InChI=1S/C19H25FN2O4/c1-2-26-18(24)11-10-17(23)22(13-14-7-3-4-8-15(14)20)16-9-5-6-12-21-19(16)25/h3-4,7-8,16H,2,5-6,9-13H2,1H3,(H,21,25). The summed E-state index contributed by atoms with van der Waals surface area (Å²) in [6, 6.07) is 5.52. The van der Waals surface area contributed by atoms with Gasteiger partial charge in [-0.1, -0.05) is 18.2 Å². The second-order valence-corrected chi connectivity index (χ2v) is 6.22. The highest BCUT2D eigenvalue weighted by Gasteiger charge is 2.31. The van der Waals surface area contributed by atoms with Gasteiger partial charge in [-0.05, 0) is 32.3 Å². The zero-order valence-electron chi connectivity index (χ0n) is 15.0. The summed E-state index contributed by atoms with van der Waals surface area (Å²) in [7, 11) is 0. The summed E-state index contributed by atoms with van der Waals surface area (Å²) in [5, 5.41) is 2.80. The molecule has 26 heavy (non-hydrogen) atoms. The number of nitrogens with one attached hydrogen (secondary N) is 1. The molecule has 0 radical (unpaired) electrons. The van der Waals surface area contributed by atoms with Crippen LogP contribution in [0.5, 0.6) is 0 Å². The van der Waals surface area contributed by atoms with Crippen LogP contribution >= 0.6 is 0 Å². The van der Waals surface area contributed by atoms with Gasteiger partial charge in [0.2, 0.25) is 11.8 Å². The fraction of sp³-hybridized carbons (Fsp3) is 0.526. The van der Waals surface area contributed by atoms with Crippen LogP contribution in [0, 0.1) is 5.82 Å². The number of nitrogens with zero attached hydrogens (tertiary/aromatic N) is 1. The van der Waals surface area contributed by atoms with E-state index in [1.165, 1.54) is 11.0 Å². The molecular weight excluding hydrogens is 339 g/mol. The van der Waals surface area contributed by atoms with Gasteiger partial charge in [0.25, 0.3) is 0 Å². The molecule has 7 heteroatoms. The van der Waals surface area contributed by atoms with Crippen molar-refractivity contribution in [2.75, 3.05) is 13.2 Å². The van der Waals surface area contributed by atoms with Crippen molar-refractivity contribution in [3.05, 3.63) is 35.6 Å². The summed E-state index contributed by atoms with van der Waals surface area (Å²) in [6.45, 7) is 2.50. The molecule has 6 nitrogen and oxygen atoms in total. The highest BCUT2D eigenvalue weighted by molar-refractivity contribution is 5.89. The zero-order chi connectivity index (χ0) is 18.9. The predicted molar refractivity (Wildman–Crippen MR) is 93.5 cm³/mol. The average molecular weight is 364 g/mol. The maximum Gasteiger partial charge on any atom is 0.306 e. The minimum Gasteiger partial charge on any atom is -0.466 e. The van der Waals surface area contributed by atoms with Crippen molar-refractivity contribution in [3.8, 4) is 0 Å². The van der Waals surface area contributed by atoms with Crippen molar-refractivity contribution in [2.45, 2.75) is 51.6 Å². The minimum atomic E-state index is -0.660. The maximum absolute atomic E-state index is 14.1. The van der Waals surface area contributed by atoms with Gasteiger partial charge in [0.1, 0.15) is 11.9 Å². The number of rotatable bonds is 7. The van der Waals surface area contributed by atoms with Crippen LogP contribution in [-0.2, 0) is 25.7 Å². The Bertz CT molecular complexity index is 650. The summed E-state index contributed by atoms with van der Waals surface area (Å²) in [5.41, 5.74) is 0.342. The van der Waals surface area contributed by atoms with E-state index < -0.39 is 17.8 Å². The normalized spacial score (nSPS) is 17.2. The summed E-state index contributed by atoms with van der Waals surface area (Å²) < 4.78 is 18.9. The van der Waals surface area contributed by atoms with Crippen LogP contribution < -0.4 is 5.32 Å². The zero-order valence-corrected chi connectivity index (χ0v) is 15.0. The SMILES string of the molecule is CCOC(=O)CCC(=O)N(Cc1ccccc1F)C1CCCCNC1=O. The van der Waals surface area contributed by atoms with Gasteiger partial charge in [-0.15, -0.1) is 0 Å². The third-order valence-corrected chi connectivity index (χ3v) is 4.35. The first-order chi connectivity index (χ1) is 12.5. The number of amides is 2. The molecule has 142 valence electrons. The number of carbonyl (C=O) groups excluding carboxylic acids is 3. The van der Waals surface area contributed by atoms with Crippen molar-refractivity contribution in [3.63, 3.8) is 0 Å². The third kappa shape index (κ3) is 5.54. The number of hydrogen-bond acceptors (Lipinski definition) is 4. The van der Waals surface area contributed by atoms with Gasteiger partial charge < -0.3 is 15.0 Å². The summed E-state index contributed by atoms with van der Waals surface area (Å²) in [4.78, 5) is 38.1. The number of esters is 1. The molecule has 1 unspecified atom stereocenters. The molecule has 1 aliphatic heterocycles. The van der Waals surface area contributed by atoms with Gasteiger partial charge >= 0.3 is 5.97 Å². The van der Waals surface area contributed by atoms with E-state index in [-0.39, 0.29) is 37.8 Å². The van der Waals surface area contributed by atoms with Crippen LogP contribution in [0.2, 0.25) is 0 Å². The quantitative estimate of drug-likeness (QED) is 0.753. The molecular formula is C19H25FN2O4. The lowest BCUT2D eigenvalue weighted by atomic mass is 10.1. The second kappa shape index (κ2) is 9.89. The van der Waals surface area contributed by atoms with Crippen LogP contribution in [-0.4, -0.2) is 41.9 Å². The van der Waals surface area contributed by atoms with E-state index in [0.717, 1.165) is 12.8 Å². The first-order valence-electron chi connectivity index (χ1n) is 8.99. The van der Waals surface area contributed by atoms with Gasteiger partial charge in [-0.25, -0.2) is 4.39 Å². The van der Waals surface area contributed by atoms with E-state index in [2.05, 4.69) is 5.32 Å². The van der Waals surface area contributed by atoms with E-state index >= 15 is 0 Å². The molecule has 0 aliphatic carbocycles. The molecule has 2 rings (SSSR count). The van der Waals surface area contributed by atoms with E-state index in [9.17, 15) is 18.8 Å². The molecule has 1 aliphatic rings. The lowest BCUT2D eigenvalue weighted by Gasteiger charge is -2.30. The molecule has 1 atom stereocenters. The maximum atomic E-state index is 14.1. The lowest BCUT2D eigenvalue weighted by Crippen LogP contribution is -2.48. The number of benzene rings is 1. The van der Waals surface area contributed by atoms with E-state index in [0.29, 0.717) is 18.5 Å². The number of halogens is 1. The molecule has 2 amide bonds. The molecule has 0 bridgehead atoms. The fourth-order valence-corrected chi connectivity index (χ4v) is 2.99. The van der Waals surface area contributed by atoms with E-state index in [4.69, 9.17) is 4.74 Å². The Kier molecular flexibility index (Phi) is 7.56. The fourth-order valence-electron chi connectivity index (χ4n) is 2.99. The van der Waals surface area contributed by atoms with Crippen LogP contribution in [0.3, 0.4) is 0 Å². The first-order valence-corrected chi connectivity index (χ1v) is 8.99. The molecule has 0 saturated carbocycles. The Hall–Kier alpha value is -2.44. The van der Waals surface area contributed by atoms with Crippen molar-refractivity contribution >= 4 is 17.8 Å². The summed E-state index contributed by atoms with van der Waals surface area (Å²) in [6.07, 6.45) is 2.02. The predicted octanol–water partition coefficient (Wildman–Crippen LogP) is 2.17. The highest BCUT2D eigenvalue weighted by atomic mass is 19.1. The van der Waals surface area contributed by atoms with Crippen molar-refractivity contribution < 1.29 is 23.5 Å². The smallest absolute Gasteiger partial charge is 0.306 e. The van der Waals surface area contributed by atoms with Crippen molar-refractivity contribution in [2.24, 2.45) is 0 Å². The molecule has 1 saturated heterocycles. The molecule has 0 spiro atoms. The van der Waals surface area contributed by atoms with Gasteiger partial charge in [-0.3, -0.25) is 14.4 Å². The topological polar surface area (TPSA) is 75.7 Å². The van der Waals surface area contributed by atoms with E-state index in [1.807, 2.05) is 0 Å². The Morgan fingerprint density at radius 3 is 2.77 bits per heavy atom. The first kappa shape index (κ1) is 19.9. The lowest BCUT2D eigenvalue weighted by molar-refractivity contribution is -0.147. The van der Waals surface area contributed by atoms with Crippen molar-refractivity contribution in [1.29, 1.82) is 0 Å². The third-order valence-electron chi connectivity index (χ3n) is 4.35. The number of hydrogen-bond donors (Lipinski definition) is 1. The van der Waals surface area contributed by atoms with Crippen LogP contribution in [0.1, 0.15) is 44.6 Å². The molecule has 1 N–H and O–H groups in total. The Balaban J connectivity index is 2.17. The number of ether oxygens (including phenoxy) is 1. The Labute approximate surface area is 152 Å². The largest absolute Gasteiger partial charge is 0.466 e. The Morgan fingerprint density at radius 1 is 1.27 bits per heavy atom. The van der Waals surface area contributed by atoms with Crippen LogP contribution in [0.15, 0.2) is 24.3 Å². The molecule has 0 aromatic heterocycles. The average Bonchev–Trinajstić information content (AvgIpc) is 2.84. The summed E-state index contributed by atoms with van der Waals surface area (Å²) in [5.74, 6) is -1.48. The molecule has 1 fully saturated rings. The van der Waals surface area contributed by atoms with Crippen molar-refractivity contribution in [1.82, 2.24) is 10.2 Å². The molecule has 1 heterocycles. The summed E-state index contributed by atoms with van der Waals surface area (Å²) >= 11 is 0. The van der Waals surface area contributed by atoms with Gasteiger partial charge in [-0.2, -0.15) is 0 Å². The van der Waals surface area contributed by atoms with Gasteiger partial charge in [0.15, 0.2) is 0 Å². The Morgan fingerprint density at radius 2 is 2.04 bits per heavy atom. The van der Waals surface area contributed by atoms with Crippen LogP contribution in [0.25, 0.3) is 0 Å². The second-order valence-electron chi connectivity index (χ2n) is 6.22. The minimum absolute atomic E-state index is 0.00752.